The second-order valence-electron chi connectivity index (χ2n) is 12.5. The van der Waals surface area contributed by atoms with Crippen molar-refractivity contribution in [2.45, 2.75) is 24.9 Å². The van der Waals surface area contributed by atoms with Crippen LogP contribution in [-0.4, -0.2) is 24.6 Å². The van der Waals surface area contributed by atoms with E-state index in [-0.39, 0.29) is 12.1 Å². The lowest BCUT2D eigenvalue weighted by Gasteiger charge is -2.23. The minimum Gasteiger partial charge on any atom is -0.490 e. The maximum atomic E-state index is 6.04. The van der Waals surface area contributed by atoms with E-state index in [0.29, 0.717) is 13.2 Å². The van der Waals surface area contributed by atoms with Crippen LogP contribution in [-0.2, 0) is 0 Å². The number of anilines is 2. The summed E-state index contributed by atoms with van der Waals surface area (Å²) in [5.41, 5.74) is 9.01. The molecule has 6 aromatic carbocycles. The first-order valence-electron chi connectivity index (χ1n) is 17.2. The number of hydrogen-bond donors (Lipinski definition) is 0. The Balaban J connectivity index is 0.868. The highest BCUT2D eigenvalue weighted by atomic mass is 16.5. The minimum atomic E-state index is 0.150. The first-order chi connectivity index (χ1) is 24.8. The fraction of sp³-hybridized carbons (Fsp3) is 0.136. The molecule has 0 radical (unpaired) electrons. The molecular formula is C44H38N4O2. The molecule has 0 saturated heterocycles. The van der Waals surface area contributed by atoms with Gasteiger partial charge in [0, 0.05) is 12.8 Å². The highest BCUT2D eigenvalue weighted by Gasteiger charge is 2.31. The fourth-order valence-corrected chi connectivity index (χ4v) is 6.68. The van der Waals surface area contributed by atoms with Crippen molar-refractivity contribution in [2.24, 2.45) is 10.2 Å². The Bertz CT molecular complexity index is 1900. The number of hydrazone groups is 2. The summed E-state index contributed by atoms with van der Waals surface area (Å²) in [5, 5.41) is 14.4. The lowest BCUT2D eigenvalue weighted by atomic mass is 9.98. The number of rotatable bonds is 11. The molecule has 246 valence electrons. The zero-order valence-electron chi connectivity index (χ0n) is 27.8. The normalized spacial score (nSPS) is 17.0. The van der Waals surface area contributed by atoms with Gasteiger partial charge in [-0.1, -0.05) is 97.1 Å². The van der Waals surface area contributed by atoms with E-state index in [2.05, 4.69) is 143 Å². The van der Waals surface area contributed by atoms with Crippen molar-refractivity contribution in [1.29, 1.82) is 0 Å². The fourth-order valence-electron chi connectivity index (χ4n) is 6.68. The van der Waals surface area contributed by atoms with Crippen LogP contribution in [0.4, 0.5) is 11.4 Å². The molecule has 6 aromatic rings. The van der Waals surface area contributed by atoms with Gasteiger partial charge in [0.05, 0.1) is 34.9 Å². The van der Waals surface area contributed by atoms with Crippen LogP contribution in [0.1, 0.15) is 47.2 Å². The van der Waals surface area contributed by atoms with Gasteiger partial charge in [0.2, 0.25) is 0 Å². The molecule has 2 aliphatic rings. The van der Waals surface area contributed by atoms with E-state index in [1.807, 2.05) is 36.4 Å². The molecule has 0 aliphatic carbocycles. The third-order valence-electron chi connectivity index (χ3n) is 9.23. The summed E-state index contributed by atoms with van der Waals surface area (Å²) in [6, 6.07) is 58.7. The summed E-state index contributed by atoms with van der Waals surface area (Å²) in [4.78, 5) is 0. The predicted octanol–water partition coefficient (Wildman–Crippen LogP) is 9.86. The zero-order chi connectivity index (χ0) is 33.5. The highest BCUT2D eigenvalue weighted by Crippen LogP contribution is 2.38. The van der Waals surface area contributed by atoms with Crippen molar-refractivity contribution in [2.75, 3.05) is 23.2 Å². The topological polar surface area (TPSA) is 49.7 Å². The molecule has 2 unspecified atom stereocenters. The lowest BCUT2D eigenvalue weighted by molar-refractivity contribution is 0.217. The molecule has 2 aliphatic heterocycles. The van der Waals surface area contributed by atoms with Gasteiger partial charge < -0.3 is 9.47 Å². The Kier molecular flexibility index (Phi) is 9.06. The molecule has 0 fully saturated rings. The van der Waals surface area contributed by atoms with E-state index in [4.69, 9.17) is 19.7 Å². The van der Waals surface area contributed by atoms with Crippen LogP contribution < -0.4 is 19.5 Å². The minimum absolute atomic E-state index is 0.150. The van der Waals surface area contributed by atoms with Gasteiger partial charge in [-0.25, -0.2) is 0 Å². The Labute approximate surface area is 293 Å². The molecule has 8 rings (SSSR count). The smallest absolute Gasteiger partial charge is 0.122 e. The summed E-state index contributed by atoms with van der Waals surface area (Å²) >= 11 is 0. The molecular weight excluding hydrogens is 617 g/mol. The SMILES string of the molecule is c1ccc(C2CC(c3ccc(OCCOc4ccc(C5=NN(c6ccccc6)C(c6ccccc6)C5)cc4)cc3)=NN2c2ccccc2)cc1. The second kappa shape index (κ2) is 14.5. The van der Waals surface area contributed by atoms with E-state index < -0.39 is 0 Å². The number of nitrogens with zero attached hydrogens (tertiary/aromatic N) is 4. The molecule has 2 heterocycles. The Hall–Kier alpha value is -6.14. The molecule has 0 N–H and O–H groups in total. The molecule has 0 amide bonds. The Morgan fingerprint density at radius 1 is 0.420 bits per heavy atom. The molecule has 6 nitrogen and oxygen atoms in total. The van der Waals surface area contributed by atoms with Gasteiger partial charge in [0.1, 0.15) is 24.7 Å². The van der Waals surface area contributed by atoms with Crippen LogP contribution in [0, 0.1) is 0 Å². The van der Waals surface area contributed by atoms with Gasteiger partial charge >= 0.3 is 0 Å². The van der Waals surface area contributed by atoms with Crippen LogP contribution in [0.3, 0.4) is 0 Å². The highest BCUT2D eigenvalue weighted by molar-refractivity contribution is 6.04. The second-order valence-corrected chi connectivity index (χ2v) is 12.5. The number of ether oxygens (including phenoxy) is 2. The Morgan fingerprint density at radius 3 is 1.12 bits per heavy atom. The maximum absolute atomic E-state index is 6.04. The molecule has 6 heteroatoms. The average molecular weight is 655 g/mol. The van der Waals surface area contributed by atoms with Crippen molar-refractivity contribution in [3.8, 4) is 11.5 Å². The molecule has 0 bridgehead atoms. The van der Waals surface area contributed by atoms with E-state index in [9.17, 15) is 0 Å². The predicted molar refractivity (Wildman–Crippen MR) is 202 cm³/mol. The van der Waals surface area contributed by atoms with E-state index >= 15 is 0 Å². The Morgan fingerprint density at radius 2 is 0.760 bits per heavy atom. The molecule has 50 heavy (non-hydrogen) atoms. The number of benzene rings is 6. The number of hydrogen-bond acceptors (Lipinski definition) is 6. The summed E-state index contributed by atoms with van der Waals surface area (Å²) in [6.45, 7) is 0.884. The van der Waals surface area contributed by atoms with Gasteiger partial charge in [0.25, 0.3) is 0 Å². The largest absolute Gasteiger partial charge is 0.490 e. The van der Waals surface area contributed by atoms with Gasteiger partial charge in [0.15, 0.2) is 0 Å². The molecule has 0 aromatic heterocycles. The third-order valence-corrected chi connectivity index (χ3v) is 9.23. The van der Waals surface area contributed by atoms with Crippen molar-refractivity contribution in [1.82, 2.24) is 0 Å². The summed E-state index contributed by atoms with van der Waals surface area (Å²) in [6.07, 6.45) is 1.66. The quantitative estimate of drug-likeness (QED) is 0.131. The monoisotopic (exact) mass is 654 g/mol. The third kappa shape index (κ3) is 6.87. The summed E-state index contributed by atoms with van der Waals surface area (Å²) in [5.74, 6) is 1.61. The van der Waals surface area contributed by atoms with Gasteiger partial charge in [-0.3, -0.25) is 10.0 Å². The first kappa shape index (κ1) is 31.1. The van der Waals surface area contributed by atoms with Crippen LogP contribution in [0.5, 0.6) is 11.5 Å². The van der Waals surface area contributed by atoms with Crippen LogP contribution in [0.15, 0.2) is 180 Å². The number of para-hydroxylation sites is 2. The van der Waals surface area contributed by atoms with Gasteiger partial charge in [-0.15, -0.1) is 0 Å². The van der Waals surface area contributed by atoms with Gasteiger partial charge in [-0.2, -0.15) is 10.2 Å². The van der Waals surface area contributed by atoms with Crippen molar-refractivity contribution < 1.29 is 9.47 Å². The summed E-state index contributed by atoms with van der Waals surface area (Å²) in [7, 11) is 0. The van der Waals surface area contributed by atoms with E-state index in [1.165, 1.54) is 11.1 Å². The van der Waals surface area contributed by atoms with Crippen molar-refractivity contribution in [3.63, 3.8) is 0 Å². The average Bonchev–Trinajstić information content (AvgIpc) is 3.85. The summed E-state index contributed by atoms with van der Waals surface area (Å²) < 4.78 is 12.1. The maximum Gasteiger partial charge on any atom is 0.122 e. The van der Waals surface area contributed by atoms with E-state index in [1.54, 1.807) is 0 Å². The van der Waals surface area contributed by atoms with Crippen LogP contribution >= 0.6 is 0 Å². The zero-order valence-corrected chi connectivity index (χ0v) is 27.8. The lowest BCUT2D eigenvalue weighted by Crippen LogP contribution is -2.18. The molecule has 0 saturated carbocycles. The molecule has 0 spiro atoms. The standard InChI is InChI=1S/C44H38N4O2/c1-5-13-35(14-6-1)43-31-41(45-47(43)37-17-9-3-10-18-37)33-21-25-39(26-22-33)49-29-30-50-40-27-23-34(24-28-40)42-32-44(36-15-7-2-8-16-36)48(46-42)38-19-11-4-12-20-38/h1-28,43-44H,29-32H2. The first-order valence-corrected chi connectivity index (χ1v) is 17.2. The van der Waals surface area contributed by atoms with Gasteiger partial charge in [-0.05, 0) is 95.1 Å². The van der Waals surface area contributed by atoms with Crippen molar-refractivity contribution >= 4 is 22.8 Å². The van der Waals surface area contributed by atoms with Crippen LogP contribution in [0.25, 0.3) is 0 Å². The molecule has 2 atom stereocenters. The van der Waals surface area contributed by atoms with E-state index in [0.717, 1.165) is 58.3 Å². The van der Waals surface area contributed by atoms with Crippen molar-refractivity contribution in [3.05, 3.63) is 192 Å². The van der Waals surface area contributed by atoms with Crippen LogP contribution in [0.2, 0.25) is 0 Å².